The fraction of sp³-hybridized carbons (Fsp3) is 0.188. The van der Waals surface area contributed by atoms with Crippen molar-refractivity contribution < 1.29 is 27.3 Å². The second-order valence-corrected chi connectivity index (χ2v) is 7.08. The minimum Gasteiger partial charge on any atom is -0.468 e. The molecule has 0 aliphatic heterocycles. The molecule has 2 aromatic carbocycles. The standard InChI is InChI=1S/C16H15FN2O6S/c1-11-14(4-3-5-15(11)19(21)22)18(10-16(20)25-2)26(23,24)13-8-6-12(17)7-9-13/h3-9H,10H2,1-2H3. The predicted octanol–water partition coefficient (Wildman–Crippen LogP) is 2.41. The number of nitro groups is 1. The van der Waals surface area contributed by atoms with E-state index in [2.05, 4.69) is 4.74 Å². The molecule has 0 spiro atoms. The summed E-state index contributed by atoms with van der Waals surface area (Å²) in [5, 5.41) is 11.1. The Bertz CT molecular complexity index is 944. The lowest BCUT2D eigenvalue weighted by molar-refractivity contribution is -0.385. The summed E-state index contributed by atoms with van der Waals surface area (Å²) in [4.78, 5) is 21.9. The molecular weight excluding hydrogens is 367 g/mol. The van der Waals surface area contributed by atoms with Crippen LogP contribution in [-0.2, 0) is 19.6 Å². The van der Waals surface area contributed by atoms with Crippen molar-refractivity contribution in [2.45, 2.75) is 11.8 Å². The number of rotatable bonds is 6. The predicted molar refractivity (Wildman–Crippen MR) is 90.8 cm³/mol. The summed E-state index contributed by atoms with van der Waals surface area (Å²) in [6, 6.07) is 7.88. The van der Waals surface area contributed by atoms with Gasteiger partial charge < -0.3 is 4.74 Å². The van der Waals surface area contributed by atoms with E-state index in [1.807, 2.05) is 0 Å². The van der Waals surface area contributed by atoms with Crippen LogP contribution in [-0.4, -0.2) is 33.0 Å². The number of ether oxygens (including phenoxy) is 1. The van der Waals surface area contributed by atoms with Gasteiger partial charge >= 0.3 is 5.97 Å². The number of carbonyl (C=O) groups is 1. The normalized spacial score (nSPS) is 11.0. The molecule has 2 rings (SSSR count). The van der Waals surface area contributed by atoms with Gasteiger partial charge in [-0.2, -0.15) is 0 Å². The molecule has 0 amide bonds. The number of anilines is 1. The number of halogens is 1. The Balaban J connectivity index is 2.65. The van der Waals surface area contributed by atoms with E-state index in [0.717, 1.165) is 31.4 Å². The quantitative estimate of drug-likeness (QED) is 0.431. The number of benzene rings is 2. The Kier molecular flexibility index (Phi) is 5.56. The van der Waals surface area contributed by atoms with Crippen LogP contribution in [0.5, 0.6) is 0 Å². The first-order valence-corrected chi connectivity index (χ1v) is 8.71. The average molecular weight is 382 g/mol. The molecule has 138 valence electrons. The second kappa shape index (κ2) is 7.48. The molecule has 0 heterocycles. The van der Waals surface area contributed by atoms with Crippen molar-refractivity contribution in [1.82, 2.24) is 0 Å². The number of hydrogen-bond acceptors (Lipinski definition) is 6. The smallest absolute Gasteiger partial charge is 0.326 e. The van der Waals surface area contributed by atoms with Gasteiger partial charge in [-0.25, -0.2) is 12.8 Å². The minimum absolute atomic E-state index is 0.0473. The van der Waals surface area contributed by atoms with E-state index in [1.165, 1.54) is 25.1 Å². The first kappa shape index (κ1) is 19.3. The van der Waals surface area contributed by atoms with Crippen LogP contribution in [0.15, 0.2) is 47.4 Å². The molecule has 26 heavy (non-hydrogen) atoms. The summed E-state index contributed by atoms with van der Waals surface area (Å²) in [5.41, 5.74) is -0.285. The zero-order valence-corrected chi connectivity index (χ0v) is 14.7. The summed E-state index contributed by atoms with van der Waals surface area (Å²) < 4.78 is 44.3. The Morgan fingerprint density at radius 2 is 1.85 bits per heavy atom. The Morgan fingerprint density at radius 3 is 2.38 bits per heavy atom. The highest BCUT2D eigenvalue weighted by Gasteiger charge is 2.30. The van der Waals surface area contributed by atoms with Gasteiger partial charge in [-0.1, -0.05) is 6.07 Å². The summed E-state index contributed by atoms with van der Waals surface area (Å²) in [7, 11) is -3.21. The maximum absolute atomic E-state index is 13.1. The largest absolute Gasteiger partial charge is 0.468 e. The zero-order chi connectivity index (χ0) is 19.5. The molecule has 0 saturated heterocycles. The molecule has 0 aromatic heterocycles. The molecule has 0 bridgehead atoms. The molecule has 10 heteroatoms. The molecule has 0 atom stereocenters. The van der Waals surface area contributed by atoms with Crippen LogP contribution in [0.25, 0.3) is 0 Å². The van der Waals surface area contributed by atoms with Gasteiger partial charge in [0.1, 0.15) is 12.4 Å². The van der Waals surface area contributed by atoms with E-state index < -0.39 is 33.3 Å². The third-order valence-electron chi connectivity index (χ3n) is 3.64. The Labute approximate surface area is 149 Å². The molecule has 0 unspecified atom stereocenters. The van der Waals surface area contributed by atoms with Crippen molar-refractivity contribution >= 4 is 27.4 Å². The second-order valence-electron chi connectivity index (χ2n) is 5.22. The highest BCUT2D eigenvalue weighted by atomic mass is 32.2. The van der Waals surface area contributed by atoms with Crippen molar-refractivity contribution in [1.29, 1.82) is 0 Å². The molecule has 8 nitrogen and oxygen atoms in total. The number of sulfonamides is 1. The number of carbonyl (C=O) groups excluding carboxylic acids is 1. The molecule has 0 radical (unpaired) electrons. The molecule has 0 saturated carbocycles. The van der Waals surface area contributed by atoms with Gasteiger partial charge in [0, 0.05) is 6.07 Å². The van der Waals surface area contributed by atoms with Crippen LogP contribution in [0.3, 0.4) is 0 Å². The summed E-state index contributed by atoms with van der Waals surface area (Å²) in [5.74, 6) is -1.49. The summed E-state index contributed by atoms with van der Waals surface area (Å²) in [6.45, 7) is 0.677. The van der Waals surface area contributed by atoms with Crippen LogP contribution in [0.4, 0.5) is 15.8 Å². The number of nitrogens with zero attached hydrogens (tertiary/aromatic N) is 2. The lowest BCUT2D eigenvalue weighted by Gasteiger charge is -2.24. The van der Waals surface area contributed by atoms with Crippen molar-refractivity contribution in [3.8, 4) is 0 Å². The first-order valence-electron chi connectivity index (χ1n) is 7.27. The summed E-state index contributed by atoms with van der Waals surface area (Å²) in [6.07, 6.45) is 0. The maximum Gasteiger partial charge on any atom is 0.326 e. The lowest BCUT2D eigenvalue weighted by Crippen LogP contribution is -2.36. The minimum atomic E-state index is -4.30. The fourth-order valence-electron chi connectivity index (χ4n) is 2.29. The van der Waals surface area contributed by atoms with Gasteiger partial charge in [0.25, 0.3) is 15.7 Å². The SMILES string of the molecule is COC(=O)CN(c1cccc([N+](=O)[O-])c1C)S(=O)(=O)c1ccc(F)cc1. The molecule has 0 N–H and O–H groups in total. The van der Waals surface area contributed by atoms with Crippen molar-refractivity contribution in [2.24, 2.45) is 0 Å². The molecule has 0 aliphatic carbocycles. The number of esters is 1. The highest BCUT2D eigenvalue weighted by molar-refractivity contribution is 7.92. The highest BCUT2D eigenvalue weighted by Crippen LogP contribution is 2.32. The Hall–Kier alpha value is -3.01. The number of methoxy groups -OCH3 is 1. The van der Waals surface area contributed by atoms with E-state index in [9.17, 15) is 27.7 Å². The molecule has 0 aliphatic rings. The van der Waals surface area contributed by atoms with Gasteiger partial charge in [-0.3, -0.25) is 19.2 Å². The first-order chi connectivity index (χ1) is 12.2. The third kappa shape index (κ3) is 3.80. The van der Waals surface area contributed by atoms with Gasteiger partial charge in [-0.05, 0) is 37.3 Å². The van der Waals surface area contributed by atoms with Crippen molar-refractivity contribution in [3.63, 3.8) is 0 Å². The summed E-state index contributed by atoms with van der Waals surface area (Å²) >= 11 is 0. The van der Waals surface area contributed by atoms with E-state index >= 15 is 0 Å². The van der Waals surface area contributed by atoms with Crippen LogP contribution < -0.4 is 4.31 Å². The van der Waals surface area contributed by atoms with Gasteiger partial charge in [0.15, 0.2) is 0 Å². The van der Waals surface area contributed by atoms with Crippen LogP contribution >= 0.6 is 0 Å². The fourth-order valence-corrected chi connectivity index (χ4v) is 3.76. The zero-order valence-electron chi connectivity index (χ0n) is 13.9. The number of hydrogen-bond donors (Lipinski definition) is 0. The monoisotopic (exact) mass is 382 g/mol. The lowest BCUT2D eigenvalue weighted by atomic mass is 10.1. The third-order valence-corrected chi connectivity index (χ3v) is 5.42. The van der Waals surface area contributed by atoms with Gasteiger partial charge in [-0.15, -0.1) is 0 Å². The Morgan fingerprint density at radius 1 is 1.23 bits per heavy atom. The average Bonchev–Trinajstić information content (AvgIpc) is 2.60. The molecule has 2 aromatic rings. The van der Waals surface area contributed by atoms with Gasteiger partial charge in [0.2, 0.25) is 0 Å². The molecule has 0 fully saturated rings. The topological polar surface area (TPSA) is 107 Å². The number of nitro benzene ring substituents is 1. The van der Waals surface area contributed by atoms with Gasteiger partial charge in [0.05, 0.1) is 28.2 Å². The van der Waals surface area contributed by atoms with Crippen molar-refractivity contribution in [3.05, 3.63) is 64.0 Å². The maximum atomic E-state index is 13.1. The van der Waals surface area contributed by atoms with E-state index in [0.29, 0.717) is 4.31 Å². The van der Waals surface area contributed by atoms with Crippen LogP contribution in [0, 0.1) is 22.9 Å². The van der Waals surface area contributed by atoms with Crippen LogP contribution in [0.1, 0.15) is 5.56 Å². The van der Waals surface area contributed by atoms with Crippen LogP contribution in [0.2, 0.25) is 0 Å². The van der Waals surface area contributed by atoms with Crippen molar-refractivity contribution in [2.75, 3.05) is 18.0 Å². The van der Waals surface area contributed by atoms with E-state index in [4.69, 9.17) is 0 Å². The van der Waals surface area contributed by atoms with E-state index in [1.54, 1.807) is 0 Å². The van der Waals surface area contributed by atoms with E-state index in [-0.39, 0.29) is 21.8 Å². The molecular formula is C16H15FN2O6S.